The average molecular weight is 360 g/mol. The Bertz CT molecular complexity index is 682. The second kappa shape index (κ2) is 8.16. The van der Waals surface area contributed by atoms with Crippen LogP contribution < -0.4 is 10.6 Å². The van der Waals surface area contributed by atoms with Gasteiger partial charge in [-0.3, -0.25) is 14.6 Å². The minimum atomic E-state index is -0.308. The molecule has 3 amide bonds. The molecule has 2 heterocycles. The predicted octanol–water partition coefficient (Wildman–Crippen LogP) is 1.32. The molecule has 8 heteroatoms. The first-order valence-corrected chi connectivity index (χ1v) is 9.06. The van der Waals surface area contributed by atoms with Gasteiger partial charge in [0.05, 0.1) is 6.61 Å². The van der Waals surface area contributed by atoms with Gasteiger partial charge in [-0.1, -0.05) is 0 Å². The van der Waals surface area contributed by atoms with Crippen LogP contribution >= 0.6 is 0 Å². The van der Waals surface area contributed by atoms with Crippen molar-refractivity contribution in [2.24, 2.45) is 0 Å². The molecule has 0 spiro atoms. The second-order valence-electron chi connectivity index (χ2n) is 6.61. The lowest BCUT2D eigenvalue weighted by atomic mass is 10.0. The number of likely N-dealkylation sites (tertiary alicyclic amines) is 1. The van der Waals surface area contributed by atoms with Crippen LogP contribution in [0.2, 0.25) is 0 Å². The molecule has 2 N–H and O–H groups in total. The average Bonchev–Trinajstić information content (AvgIpc) is 3.46. The van der Waals surface area contributed by atoms with Crippen LogP contribution in [-0.4, -0.2) is 59.6 Å². The molecular weight excluding hydrogens is 336 g/mol. The molecule has 2 fully saturated rings. The number of hydrogen-bond donors (Lipinski definition) is 2. The number of nitrogens with one attached hydrogen (secondary N) is 2. The summed E-state index contributed by atoms with van der Waals surface area (Å²) in [5.74, 6) is -0.479. The van der Waals surface area contributed by atoms with E-state index in [1.165, 1.54) is 12.3 Å². The monoisotopic (exact) mass is 360 g/mol. The minimum Gasteiger partial charge on any atom is -0.450 e. The third-order valence-corrected chi connectivity index (χ3v) is 4.52. The molecule has 0 radical (unpaired) electrons. The first-order chi connectivity index (χ1) is 12.6. The predicted molar refractivity (Wildman–Crippen MR) is 93.8 cm³/mol. The summed E-state index contributed by atoms with van der Waals surface area (Å²) in [7, 11) is 0. The molecule has 8 nitrogen and oxygen atoms in total. The Morgan fingerprint density at radius 1 is 1.12 bits per heavy atom. The van der Waals surface area contributed by atoms with Crippen LogP contribution in [-0.2, 0) is 4.74 Å². The van der Waals surface area contributed by atoms with Crippen molar-refractivity contribution in [3.05, 3.63) is 29.6 Å². The molecule has 1 aromatic rings. The van der Waals surface area contributed by atoms with Gasteiger partial charge in [-0.25, -0.2) is 4.79 Å². The number of amides is 3. The minimum absolute atomic E-state index is 0.00918. The van der Waals surface area contributed by atoms with E-state index in [-0.39, 0.29) is 35.7 Å². The van der Waals surface area contributed by atoms with Gasteiger partial charge < -0.3 is 20.3 Å². The summed E-state index contributed by atoms with van der Waals surface area (Å²) in [6, 6.07) is 3.34. The van der Waals surface area contributed by atoms with E-state index in [0.29, 0.717) is 38.1 Å². The molecule has 1 aliphatic heterocycles. The van der Waals surface area contributed by atoms with E-state index in [9.17, 15) is 14.4 Å². The highest BCUT2D eigenvalue weighted by Gasteiger charge is 2.26. The van der Waals surface area contributed by atoms with E-state index in [1.807, 2.05) is 0 Å². The molecule has 0 bridgehead atoms. The largest absolute Gasteiger partial charge is 0.450 e. The van der Waals surface area contributed by atoms with E-state index < -0.39 is 0 Å². The number of nitrogens with zero attached hydrogens (tertiary/aromatic N) is 2. The van der Waals surface area contributed by atoms with Gasteiger partial charge in [0.2, 0.25) is 0 Å². The number of piperidine rings is 1. The Labute approximate surface area is 152 Å². The van der Waals surface area contributed by atoms with Gasteiger partial charge in [0.15, 0.2) is 0 Å². The summed E-state index contributed by atoms with van der Waals surface area (Å²) in [5, 5.41) is 5.83. The molecular formula is C18H24N4O4. The van der Waals surface area contributed by atoms with Crippen molar-refractivity contribution in [3.63, 3.8) is 0 Å². The Morgan fingerprint density at radius 2 is 1.77 bits per heavy atom. The van der Waals surface area contributed by atoms with Crippen LogP contribution in [0, 0.1) is 0 Å². The number of aromatic nitrogens is 1. The number of rotatable bonds is 5. The summed E-state index contributed by atoms with van der Waals surface area (Å²) in [6.07, 6.45) is 4.50. The van der Waals surface area contributed by atoms with Gasteiger partial charge in [-0.15, -0.1) is 0 Å². The van der Waals surface area contributed by atoms with E-state index in [1.54, 1.807) is 17.9 Å². The Morgan fingerprint density at radius 3 is 2.42 bits per heavy atom. The number of hydrogen-bond acceptors (Lipinski definition) is 5. The normalized spacial score (nSPS) is 17.5. The number of carbonyl (C=O) groups excluding carboxylic acids is 3. The molecule has 2 aliphatic rings. The maximum Gasteiger partial charge on any atom is 0.409 e. The smallest absolute Gasteiger partial charge is 0.409 e. The van der Waals surface area contributed by atoms with Gasteiger partial charge in [0.1, 0.15) is 5.69 Å². The third-order valence-electron chi connectivity index (χ3n) is 4.52. The lowest BCUT2D eigenvalue weighted by Gasteiger charge is -2.31. The molecule has 0 atom stereocenters. The van der Waals surface area contributed by atoms with Gasteiger partial charge >= 0.3 is 6.09 Å². The summed E-state index contributed by atoms with van der Waals surface area (Å²) < 4.78 is 4.99. The van der Waals surface area contributed by atoms with Crippen LogP contribution in [0.25, 0.3) is 0 Å². The highest BCUT2D eigenvalue weighted by Crippen LogP contribution is 2.19. The number of pyridine rings is 1. The summed E-state index contributed by atoms with van der Waals surface area (Å²) in [5.41, 5.74) is 0.662. The fraction of sp³-hybridized carbons (Fsp3) is 0.556. The van der Waals surface area contributed by atoms with Crippen molar-refractivity contribution in [2.45, 2.75) is 44.7 Å². The topological polar surface area (TPSA) is 101 Å². The summed E-state index contributed by atoms with van der Waals surface area (Å²) in [6.45, 7) is 3.23. The second-order valence-corrected chi connectivity index (χ2v) is 6.61. The zero-order valence-corrected chi connectivity index (χ0v) is 14.9. The standard InChI is InChI=1S/C18H24N4O4/c1-2-26-18(25)22-9-6-14(7-10-22)20-16(23)12-5-8-19-15(11-12)17(24)21-13-3-4-13/h5,8,11,13-14H,2-4,6-7,9-10H2,1H3,(H,20,23)(H,21,24). The van der Waals surface area contributed by atoms with Crippen LogP contribution in [0.15, 0.2) is 18.3 Å². The lowest BCUT2D eigenvalue weighted by Crippen LogP contribution is -2.46. The van der Waals surface area contributed by atoms with Gasteiger partial charge in [-0.05, 0) is 44.7 Å². The molecule has 0 aromatic carbocycles. The van der Waals surface area contributed by atoms with Crippen molar-refractivity contribution >= 4 is 17.9 Å². The van der Waals surface area contributed by atoms with E-state index >= 15 is 0 Å². The Kier molecular flexibility index (Phi) is 5.70. The van der Waals surface area contributed by atoms with Crippen LogP contribution in [0.4, 0.5) is 4.79 Å². The number of ether oxygens (including phenoxy) is 1. The van der Waals surface area contributed by atoms with E-state index in [0.717, 1.165) is 12.8 Å². The Balaban J connectivity index is 1.52. The van der Waals surface area contributed by atoms with Crippen molar-refractivity contribution in [1.82, 2.24) is 20.5 Å². The molecule has 140 valence electrons. The zero-order valence-electron chi connectivity index (χ0n) is 14.9. The lowest BCUT2D eigenvalue weighted by molar-refractivity contribution is 0.0859. The Hall–Kier alpha value is -2.64. The number of carbonyl (C=O) groups is 3. The SMILES string of the molecule is CCOC(=O)N1CCC(NC(=O)c2ccnc(C(=O)NC3CC3)c2)CC1. The molecule has 26 heavy (non-hydrogen) atoms. The third kappa shape index (κ3) is 4.71. The first kappa shape index (κ1) is 18.2. The van der Waals surface area contributed by atoms with Crippen molar-refractivity contribution in [2.75, 3.05) is 19.7 Å². The van der Waals surface area contributed by atoms with E-state index in [4.69, 9.17) is 4.74 Å². The maximum absolute atomic E-state index is 12.5. The summed E-state index contributed by atoms with van der Waals surface area (Å²) in [4.78, 5) is 41.9. The van der Waals surface area contributed by atoms with Crippen LogP contribution in [0.5, 0.6) is 0 Å². The first-order valence-electron chi connectivity index (χ1n) is 9.06. The quantitative estimate of drug-likeness (QED) is 0.825. The van der Waals surface area contributed by atoms with Crippen molar-refractivity contribution < 1.29 is 19.1 Å². The zero-order chi connectivity index (χ0) is 18.5. The van der Waals surface area contributed by atoms with Crippen LogP contribution in [0.1, 0.15) is 53.5 Å². The van der Waals surface area contributed by atoms with Gasteiger partial charge in [0.25, 0.3) is 11.8 Å². The molecule has 3 rings (SSSR count). The van der Waals surface area contributed by atoms with Crippen molar-refractivity contribution in [3.8, 4) is 0 Å². The summed E-state index contributed by atoms with van der Waals surface area (Å²) >= 11 is 0. The van der Waals surface area contributed by atoms with E-state index in [2.05, 4.69) is 15.6 Å². The highest BCUT2D eigenvalue weighted by atomic mass is 16.6. The van der Waals surface area contributed by atoms with Crippen LogP contribution in [0.3, 0.4) is 0 Å². The molecule has 1 saturated carbocycles. The molecule has 1 saturated heterocycles. The fourth-order valence-electron chi connectivity index (χ4n) is 2.87. The fourth-order valence-corrected chi connectivity index (χ4v) is 2.87. The van der Waals surface area contributed by atoms with Gasteiger partial charge in [0, 0.05) is 36.9 Å². The van der Waals surface area contributed by atoms with Crippen molar-refractivity contribution in [1.29, 1.82) is 0 Å². The van der Waals surface area contributed by atoms with Gasteiger partial charge in [-0.2, -0.15) is 0 Å². The maximum atomic E-state index is 12.5. The molecule has 0 unspecified atom stereocenters. The highest BCUT2D eigenvalue weighted by molar-refractivity contribution is 5.98. The molecule has 1 aliphatic carbocycles. The molecule has 1 aromatic heterocycles.